The summed E-state index contributed by atoms with van der Waals surface area (Å²) in [5.74, 6) is 0.0793. The van der Waals surface area contributed by atoms with Gasteiger partial charge in [0.2, 0.25) is 0 Å². The molecule has 0 fully saturated rings. The van der Waals surface area contributed by atoms with Crippen LogP contribution in [-0.2, 0) is 4.79 Å². The van der Waals surface area contributed by atoms with Crippen LogP contribution in [0.1, 0.15) is 22.8 Å². The van der Waals surface area contributed by atoms with Gasteiger partial charge in [0.1, 0.15) is 11.5 Å². The third kappa shape index (κ3) is 6.94. The quantitative estimate of drug-likeness (QED) is 0.208. The molecule has 6 nitrogen and oxygen atoms in total. The Morgan fingerprint density at radius 3 is 2.39 bits per heavy atom. The highest BCUT2D eigenvalue weighted by Crippen LogP contribution is 2.17. The molecule has 1 unspecified atom stereocenters. The van der Waals surface area contributed by atoms with E-state index in [9.17, 15) is 9.59 Å². The Hall–Kier alpha value is -3.16. The van der Waals surface area contributed by atoms with E-state index in [2.05, 4.69) is 26.5 Å². The van der Waals surface area contributed by atoms with E-state index < -0.39 is 18.0 Å². The number of ether oxygens (including phenoxy) is 2. The first-order chi connectivity index (χ1) is 14.9. The summed E-state index contributed by atoms with van der Waals surface area (Å²) in [4.78, 5) is 24.3. The minimum Gasteiger partial charge on any atom is -0.481 e. The Kier molecular flexibility index (Phi) is 7.81. The van der Waals surface area contributed by atoms with Crippen LogP contribution in [0.2, 0.25) is 5.02 Å². The van der Waals surface area contributed by atoms with Gasteiger partial charge < -0.3 is 9.47 Å². The molecule has 1 amide bonds. The maximum Gasteiger partial charge on any atom is 0.343 e. The van der Waals surface area contributed by atoms with Crippen LogP contribution in [0, 0.1) is 0 Å². The Balaban J connectivity index is 1.50. The summed E-state index contributed by atoms with van der Waals surface area (Å²) in [6.45, 7) is 1.62. The summed E-state index contributed by atoms with van der Waals surface area (Å²) in [7, 11) is 0. The van der Waals surface area contributed by atoms with E-state index in [1.807, 2.05) is 6.07 Å². The van der Waals surface area contributed by atoms with Gasteiger partial charge in [-0.15, -0.1) is 0 Å². The molecule has 3 rings (SSSR count). The van der Waals surface area contributed by atoms with E-state index in [1.54, 1.807) is 73.7 Å². The number of hydrogen-bond acceptors (Lipinski definition) is 5. The molecule has 1 atom stereocenters. The third-order valence-electron chi connectivity index (χ3n) is 4.04. The van der Waals surface area contributed by atoms with Crippen LogP contribution in [0.3, 0.4) is 0 Å². The minimum absolute atomic E-state index is 0.397. The van der Waals surface area contributed by atoms with Crippen LogP contribution in [0.15, 0.2) is 82.4 Å². The molecule has 0 aliphatic rings. The highest BCUT2D eigenvalue weighted by molar-refractivity contribution is 9.10. The Morgan fingerprint density at radius 1 is 1.03 bits per heavy atom. The molecular weight excluding hydrogens is 484 g/mol. The van der Waals surface area contributed by atoms with Crippen molar-refractivity contribution in [3.8, 4) is 11.5 Å². The zero-order chi connectivity index (χ0) is 22.2. The molecule has 0 saturated carbocycles. The molecule has 0 spiro atoms. The number of carbonyl (C=O) groups is 2. The molecule has 0 aromatic heterocycles. The van der Waals surface area contributed by atoms with E-state index >= 15 is 0 Å². The van der Waals surface area contributed by atoms with Crippen LogP contribution in [0.25, 0.3) is 0 Å². The number of nitrogens with zero attached hydrogens (tertiary/aromatic N) is 1. The van der Waals surface area contributed by atoms with E-state index in [1.165, 1.54) is 6.21 Å². The van der Waals surface area contributed by atoms with E-state index in [0.717, 1.165) is 4.47 Å². The van der Waals surface area contributed by atoms with Gasteiger partial charge in [-0.3, -0.25) is 4.79 Å². The first-order valence-corrected chi connectivity index (χ1v) is 10.4. The third-order valence-corrected chi connectivity index (χ3v) is 4.78. The molecular formula is C23H18BrClN2O4. The maximum atomic E-state index is 12.2. The fourth-order valence-corrected chi connectivity index (χ4v) is 2.96. The zero-order valence-corrected chi connectivity index (χ0v) is 18.8. The summed E-state index contributed by atoms with van der Waals surface area (Å²) >= 11 is 9.15. The lowest BCUT2D eigenvalue weighted by molar-refractivity contribution is -0.127. The van der Waals surface area contributed by atoms with Crippen LogP contribution in [0.5, 0.6) is 11.5 Å². The molecule has 158 valence electrons. The van der Waals surface area contributed by atoms with Crippen molar-refractivity contribution >= 4 is 45.6 Å². The Bertz CT molecular complexity index is 1090. The van der Waals surface area contributed by atoms with E-state index in [0.29, 0.717) is 27.6 Å². The molecule has 0 heterocycles. The molecule has 8 heteroatoms. The zero-order valence-electron chi connectivity index (χ0n) is 16.4. The molecule has 31 heavy (non-hydrogen) atoms. The molecule has 1 N–H and O–H groups in total. The number of amides is 1. The van der Waals surface area contributed by atoms with Crippen LogP contribution in [0.4, 0.5) is 0 Å². The number of benzene rings is 3. The van der Waals surface area contributed by atoms with E-state index in [-0.39, 0.29) is 0 Å². The highest BCUT2D eigenvalue weighted by Gasteiger charge is 2.14. The number of halogens is 2. The van der Waals surface area contributed by atoms with Crippen molar-refractivity contribution in [2.75, 3.05) is 0 Å². The van der Waals surface area contributed by atoms with E-state index in [4.69, 9.17) is 21.1 Å². The Morgan fingerprint density at radius 2 is 1.71 bits per heavy atom. The first-order valence-electron chi connectivity index (χ1n) is 9.23. The van der Waals surface area contributed by atoms with Gasteiger partial charge in [0.25, 0.3) is 5.91 Å². The molecule has 0 bridgehead atoms. The summed E-state index contributed by atoms with van der Waals surface area (Å²) < 4.78 is 11.7. The van der Waals surface area contributed by atoms with Gasteiger partial charge in [-0.1, -0.05) is 33.6 Å². The standard InChI is InChI=1S/C23H18BrClN2O4/c1-15(30-20-11-7-19(25)8-12-20)22(28)27-26-14-16-5-9-21(10-6-16)31-23(29)17-3-2-4-18(24)13-17/h2-15H,1H3,(H,27,28). The number of carbonyl (C=O) groups excluding carboxylic acids is 2. The molecule has 0 saturated heterocycles. The van der Waals surface area contributed by atoms with Crippen LogP contribution >= 0.6 is 27.5 Å². The fourth-order valence-electron chi connectivity index (χ4n) is 2.44. The summed E-state index contributed by atoms with van der Waals surface area (Å²) in [5, 5.41) is 4.51. The predicted octanol–water partition coefficient (Wildman–Crippen LogP) is 5.24. The number of hydrogen-bond donors (Lipinski definition) is 1. The van der Waals surface area contributed by atoms with Crippen molar-refractivity contribution in [3.05, 3.63) is 93.4 Å². The molecule has 0 aliphatic carbocycles. The molecule has 3 aromatic carbocycles. The van der Waals surface area contributed by atoms with Gasteiger partial charge in [0.05, 0.1) is 11.8 Å². The van der Waals surface area contributed by atoms with Crippen LogP contribution < -0.4 is 14.9 Å². The second-order valence-corrected chi connectivity index (χ2v) is 7.77. The number of rotatable bonds is 7. The van der Waals surface area contributed by atoms with Crippen molar-refractivity contribution in [2.24, 2.45) is 5.10 Å². The van der Waals surface area contributed by atoms with Gasteiger partial charge in [-0.25, -0.2) is 10.2 Å². The summed E-state index contributed by atoms with van der Waals surface area (Å²) in [6.07, 6.45) is 0.741. The van der Waals surface area contributed by atoms with Gasteiger partial charge >= 0.3 is 5.97 Å². The summed E-state index contributed by atoms with van der Waals surface area (Å²) in [6, 6.07) is 20.4. The average molecular weight is 502 g/mol. The topological polar surface area (TPSA) is 77.0 Å². The number of esters is 1. The normalized spacial score (nSPS) is 11.7. The van der Waals surface area contributed by atoms with Crippen molar-refractivity contribution in [2.45, 2.75) is 13.0 Å². The lowest BCUT2D eigenvalue weighted by Crippen LogP contribution is -2.33. The molecule has 3 aromatic rings. The second-order valence-electron chi connectivity index (χ2n) is 6.42. The average Bonchev–Trinajstić information content (AvgIpc) is 2.76. The second kappa shape index (κ2) is 10.7. The Labute approximate surface area is 193 Å². The van der Waals surface area contributed by atoms with Gasteiger partial charge in [-0.05, 0) is 79.2 Å². The van der Waals surface area contributed by atoms with Gasteiger partial charge in [0, 0.05) is 9.50 Å². The number of hydrazone groups is 1. The van der Waals surface area contributed by atoms with Gasteiger partial charge in [-0.2, -0.15) is 5.10 Å². The lowest BCUT2D eigenvalue weighted by Gasteiger charge is -2.12. The number of nitrogens with one attached hydrogen (secondary N) is 1. The molecule has 0 aliphatic heterocycles. The maximum absolute atomic E-state index is 12.2. The minimum atomic E-state index is -0.738. The van der Waals surface area contributed by atoms with Crippen molar-refractivity contribution in [1.29, 1.82) is 0 Å². The predicted molar refractivity (Wildman–Crippen MR) is 123 cm³/mol. The SMILES string of the molecule is CC(Oc1ccc(Cl)cc1)C(=O)NN=Cc1ccc(OC(=O)c2cccc(Br)c2)cc1. The lowest BCUT2D eigenvalue weighted by atomic mass is 10.2. The van der Waals surface area contributed by atoms with Crippen molar-refractivity contribution in [3.63, 3.8) is 0 Å². The van der Waals surface area contributed by atoms with Gasteiger partial charge in [0.15, 0.2) is 6.10 Å². The van der Waals surface area contributed by atoms with Crippen LogP contribution in [-0.4, -0.2) is 24.2 Å². The monoisotopic (exact) mass is 500 g/mol. The highest BCUT2D eigenvalue weighted by atomic mass is 79.9. The molecule has 0 radical (unpaired) electrons. The first kappa shape index (κ1) is 22.5. The smallest absolute Gasteiger partial charge is 0.343 e. The largest absolute Gasteiger partial charge is 0.481 e. The van der Waals surface area contributed by atoms with Crippen molar-refractivity contribution < 1.29 is 19.1 Å². The fraction of sp³-hybridized carbons (Fsp3) is 0.0870. The summed E-state index contributed by atoms with van der Waals surface area (Å²) in [5.41, 5.74) is 3.58. The van der Waals surface area contributed by atoms with Crippen molar-refractivity contribution in [1.82, 2.24) is 5.43 Å².